The molecule has 154 valence electrons. The molecule has 0 atom stereocenters. The Morgan fingerprint density at radius 1 is 1.17 bits per heavy atom. The molecular weight excluding hydrogens is 370 g/mol. The van der Waals surface area contributed by atoms with Gasteiger partial charge in [0.1, 0.15) is 18.1 Å². The number of nitrogens with one attached hydrogen (secondary N) is 1. The summed E-state index contributed by atoms with van der Waals surface area (Å²) in [7, 11) is 1.61. The van der Waals surface area contributed by atoms with Gasteiger partial charge >= 0.3 is 6.09 Å². The number of aryl methyl sites for hydroxylation is 2. The lowest BCUT2D eigenvalue weighted by Gasteiger charge is -2.28. The molecule has 1 fully saturated rings. The van der Waals surface area contributed by atoms with Gasteiger partial charge in [-0.2, -0.15) is 0 Å². The van der Waals surface area contributed by atoms with Crippen molar-refractivity contribution in [3.63, 3.8) is 0 Å². The standard InChI is InChI=1S/C22H27N3O4/c1-14-9-17(11-18(10-14)25-7-5-19(26)6-8-25)24-22(27)29-13-20-16(3)21(28-4)15(2)12-23-20/h9-12H,5-8,13H2,1-4H3,(H,24,27). The fourth-order valence-corrected chi connectivity index (χ4v) is 3.54. The Kier molecular flexibility index (Phi) is 6.36. The van der Waals surface area contributed by atoms with Crippen LogP contribution in [0.3, 0.4) is 0 Å². The maximum atomic E-state index is 12.3. The van der Waals surface area contributed by atoms with Gasteiger partial charge in [-0.3, -0.25) is 15.1 Å². The number of anilines is 2. The maximum absolute atomic E-state index is 12.3. The van der Waals surface area contributed by atoms with E-state index in [1.807, 2.05) is 32.9 Å². The van der Waals surface area contributed by atoms with Crippen LogP contribution in [0.5, 0.6) is 5.75 Å². The maximum Gasteiger partial charge on any atom is 0.412 e. The molecule has 0 unspecified atom stereocenters. The van der Waals surface area contributed by atoms with Crippen LogP contribution in [-0.2, 0) is 16.1 Å². The Bertz CT molecular complexity index is 917. The molecule has 2 heterocycles. The largest absolute Gasteiger partial charge is 0.496 e. The minimum atomic E-state index is -0.545. The predicted molar refractivity (Wildman–Crippen MR) is 112 cm³/mol. The quantitative estimate of drug-likeness (QED) is 0.823. The fourth-order valence-electron chi connectivity index (χ4n) is 3.54. The number of aromatic nitrogens is 1. The van der Waals surface area contributed by atoms with E-state index in [9.17, 15) is 9.59 Å². The first kappa shape index (κ1) is 20.6. The van der Waals surface area contributed by atoms with E-state index in [1.165, 1.54) is 0 Å². The summed E-state index contributed by atoms with van der Waals surface area (Å²) in [6.45, 7) is 7.25. The lowest BCUT2D eigenvalue weighted by atomic mass is 10.1. The van der Waals surface area contributed by atoms with E-state index in [-0.39, 0.29) is 6.61 Å². The van der Waals surface area contributed by atoms with Crippen LogP contribution >= 0.6 is 0 Å². The van der Waals surface area contributed by atoms with Gasteiger partial charge in [0.25, 0.3) is 0 Å². The fraction of sp³-hybridized carbons (Fsp3) is 0.409. The number of ketones is 1. The molecule has 1 aromatic carbocycles. The molecule has 0 bridgehead atoms. The molecule has 7 nitrogen and oxygen atoms in total. The SMILES string of the molecule is COc1c(C)cnc(COC(=O)Nc2cc(C)cc(N3CCC(=O)CC3)c2)c1C. The van der Waals surface area contributed by atoms with E-state index in [0.29, 0.717) is 43.1 Å². The van der Waals surface area contributed by atoms with E-state index >= 15 is 0 Å². The number of carbonyl (C=O) groups excluding carboxylic acids is 2. The Labute approximate surface area is 171 Å². The number of piperidine rings is 1. The number of rotatable bonds is 5. The first-order valence-electron chi connectivity index (χ1n) is 9.68. The second-order valence-electron chi connectivity index (χ2n) is 7.33. The van der Waals surface area contributed by atoms with Gasteiger partial charge in [-0.05, 0) is 44.5 Å². The minimum Gasteiger partial charge on any atom is -0.496 e. The molecule has 1 N–H and O–H groups in total. The van der Waals surface area contributed by atoms with Crippen LogP contribution in [0, 0.1) is 20.8 Å². The molecule has 7 heteroatoms. The lowest BCUT2D eigenvalue weighted by Crippen LogP contribution is -2.33. The predicted octanol–water partition coefficient (Wildman–Crippen LogP) is 3.93. The molecule has 2 aromatic rings. The Hall–Kier alpha value is -3.09. The Balaban J connectivity index is 1.64. The van der Waals surface area contributed by atoms with Crippen molar-refractivity contribution in [2.75, 3.05) is 30.4 Å². The van der Waals surface area contributed by atoms with E-state index in [1.54, 1.807) is 13.3 Å². The number of hydrogen-bond donors (Lipinski definition) is 1. The molecule has 1 saturated heterocycles. The van der Waals surface area contributed by atoms with Gasteiger partial charge in [0.05, 0.1) is 12.8 Å². The third-order valence-corrected chi connectivity index (χ3v) is 5.08. The Morgan fingerprint density at radius 3 is 2.59 bits per heavy atom. The summed E-state index contributed by atoms with van der Waals surface area (Å²) >= 11 is 0. The number of Topliss-reactive ketones (excluding diaryl/α,β-unsaturated/α-hetero) is 1. The second-order valence-corrected chi connectivity index (χ2v) is 7.33. The van der Waals surface area contributed by atoms with Crippen molar-refractivity contribution in [3.05, 3.63) is 46.8 Å². The first-order valence-corrected chi connectivity index (χ1v) is 9.68. The number of benzene rings is 1. The van der Waals surface area contributed by atoms with Gasteiger partial charge in [-0.25, -0.2) is 4.79 Å². The second kappa shape index (κ2) is 8.94. The first-order chi connectivity index (χ1) is 13.9. The highest BCUT2D eigenvalue weighted by Crippen LogP contribution is 2.26. The molecule has 0 radical (unpaired) electrons. The summed E-state index contributed by atoms with van der Waals surface area (Å²) in [5.74, 6) is 1.05. The van der Waals surface area contributed by atoms with Gasteiger partial charge in [-0.15, -0.1) is 0 Å². The molecule has 0 aliphatic carbocycles. The molecule has 29 heavy (non-hydrogen) atoms. The third kappa shape index (κ3) is 5.04. The van der Waals surface area contributed by atoms with E-state index in [4.69, 9.17) is 9.47 Å². The highest BCUT2D eigenvalue weighted by Gasteiger charge is 2.18. The molecule has 0 saturated carbocycles. The summed E-state index contributed by atoms with van der Waals surface area (Å²) in [5.41, 5.74) is 5.13. The highest BCUT2D eigenvalue weighted by atomic mass is 16.5. The summed E-state index contributed by atoms with van der Waals surface area (Å²) in [6.07, 6.45) is 2.28. The zero-order valence-electron chi connectivity index (χ0n) is 17.4. The van der Waals surface area contributed by atoms with E-state index < -0.39 is 6.09 Å². The normalized spacial score (nSPS) is 13.9. The van der Waals surface area contributed by atoms with Crippen LogP contribution in [0.25, 0.3) is 0 Å². The monoisotopic (exact) mass is 397 g/mol. The topological polar surface area (TPSA) is 80.8 Å². The van der Waals surface area contributed by atoms with Crippen molar-refractivity contribution < 1.29 is 19.1 Å². The minimum absolute atomic E-state index is 0.0568. The molecular formula is C22H27N3O4. The van der Waals surface area contributed by atoms with Gasteiger partial charge in [0.2, 0.25) is 0 Å². The molecule has 3 rings (SSSR count). The van der Waals surface area contributed by atoms with Gasteiger partial charge in [-0.1, -0.05) is 0 Å². The number of amides is 1. The number of hydrogen-bond acceptors (Lipinski definition) is 6. The van der Waals surface area contributed by atoms with Crippen LogP contribution < -0.4 is 15.0 Å². The van der Waals surface area contributed by atoms with Crippen molar-refractivity contribution >= 4 is 23.3 Å². The Morgan fingerprint density at radius 2 is 1.90 bits per heavy atom. The lowest BCUT2D eigenvalue weighted by molar-refractivity contribution is -0.119. The zero-order valence-corrected chi connectivity index (χ0v) is 17.4. The summed E-state index contributed by atoms with van der Waals surface area (Å²) in [4.78, 5) is 30.3. The average Bonchev–Trinajstić information content (AvgIpc) is 2.68. The number of nitrogens with zero attached hydrogens (tertiary/aromatic N) is 2. The highest BCUT2D eigenvalue weighted by molar-refractivity contribution is 5.86. The van der Waals surface area contributed by atoms with Crippen molar-refractivity contribution in [1.82, 2.24) is 4.98 Å². The molecule has 1 aromatic heterocycles. The van der Waals surface area contributed by atoms with Gasteiger partial charge in [0.15, 0.2) is 0 Å². The van der Waals surface area contributed by atoms with Gasteiger partial charge < -0.3 is 14.4 Å². The van der Waals surface area contributed by atoms with E-state index in [0.717, 1.165) is 28.1 Å². The van der Waals surface area contributed by atoms with Crippen LogP contribution in [0.2, 0.25) is 0 Å². The number of pyridine rings is 1. The van der Waals surface area contributed by atoms with Crippen LogP contribution in [-0.4, -0.2) is 37.1 Å². The number of methoxy groups -OCH3 is 1. The summed E-state index contributed by atoms with van der Waals surface area (Å²) in [6, 6.07) is 5.85. The molecule has 1 aliphatic rings. The summed E-state index contributed by atoms with van der Waals surface area (Å²) < 4.78 is 10.8. The van der Waals surface area contributed by atoms with Crippen molar-refractivity contribution in [2.45, 2.75) is 40.2 Å². The smallest absolute Gasteiger partial charge is 0.412 e. The zero-order chi connectivity index (χ0) is 21.0. The molecule has 1 amide bonds. The van der Waals surface area contributed by atoms with Crippen LogP contribution in [0.1, 0.15) is 35.2 Å². The molecule has 0 spiro atoms. The van der Waals surface area contributed by atoms with Crippen LogP contribution in [0.15, 0.2) is 24.4 Å². The molecule has 1 aliphatic heterocycles. The van der Waals surface area contributed by atoms with Crippen molar-refractivity contribution in [2.24, 2.45) is 0 Å². The summed E-state index contributed by atoms with van der Waals surface area (Å²) in [5, 5.41) is 2.79. The van der Waals surface area contributed by atoms with Gasteiger partial charge in [0, 0.05) is 54.6 Å². The number of carbonyl (C=O) groups is 2. The van der Waals surface area contributed by atoms with Crippen LogP contribution in [0.4, 0.5) is 16.2 Å². The number of ether oxygens (including phenoxy) is 2. The third-order valence-electron chi connectivity index (χ3n) is 5.08. The average molecular weight is 397 g/mol. The van der Waals surface area contributed by atoms with Crippen molar-refractivity contribution in [1.29, 1.82) is 0 Å². The van der Waals surface area contributed by atoms with Crippen molar-refractivity contribution in [3.8, 4) is 5.75 Å². The van der Waals surface area contributed by atoms with E-state index in [2.05, 4.69) is 21.3 Å².